The van der Waals surface area contributed by atoms with Crippen LogP contribution in [0.4, 0.5) is 5.82 Å². The second-order valence-electron chi connectivity index (χ2n) is 6.64. The number of carbonyl (C=O) groups is 1. The van der Waals surface area contributed by atoms with E-state index in [9.17, 15) is 14.7 Å². The number of ether oxygens (including phenoxy) is 1. The quantitative estimate of drug-likeness (QED) is 0.394. The molecule has 7 nitrogen and oxygen atoms in total. The highest BCUT2D eigenvalue weighted by atomic mass is 16.5. The molecule has 0 amide bonds. The minimum absolute atomic E-state index is 0.257. The monoisotopic (exact) mass is 413 g/mol. The van der Waals surface area contributed by atoms with Crippen molar-refractivity contribution in [2.45, 2.75) is 6.92 Å². The molecule has 0 aliphatic carbocycles. The van der Waals surface area contributed by atoms with E-state index < -0.39 is 5.97 Å². The number of aromatic nitrogens is 2. The molecule has 0 aliphatic heterocycles. The summed E-state index contributed by atoms with van der Waals surface area (Å²) in [5.74, 6) is -0.234. The first-order valence-corrected chi connectivity index (χ1v) is 9.69. The summed E-state index contributed by atoms with van der Waals surface area (Å²) in [5.41, 5.74) is 0.770. The van der Waals surface area contributed by atoms with E-state index in [0.29, 0.717) is 33.4 Å². The number of hydrogen-bond acceptors (Lipinski definition) is 6. The fourth-order valence-electron chi connectivity index (χ4n) is 3.25. The van der Waals surface area contributed by atoms with Crippen molar-refractivity contribution in [2.75, 3.05) is 6.61 Å². The smallest absolute Gasteiger partial charge is 0.338 e. The molecule has 0 aliphatic rings. The Morgan fingerprint density at radius 2 is 1.77 bits per heavy atom. The molecule has 2 aromatic carbocycles. The summed E-state index contributed by atoms with van der Waals surface area (Å²) in [6.07, 6.45) is 3.11. The van der Waals surface area contributed by atoms with Gasteiger partial charge in [-0.25, -0.2) is 19.3 Å². The van der Waals surface area contributed by atoms with Gasteiger partial charge in [-0.2, -0.15) is 0 Å². The van der Waals surface area contributed by atoms with Gasteiger partial charge in [0, 0.05) is 23.2 Å². The minimum atomic E-state index is -0.452. The molecule has 0 bridgehead atoms. The van der Waals surface area contributed by atoms with Gasteiger partial charge < -0.3 is 9.84 Å². The molecule has 0 radical (unpaired) electrons. The maximum Gasteiger partial charge on any atom is 0.338 e. The molecule has 1 N–H and O–H groups in total. The van der Waals surface area contributed by atoms with E-state index in [-0.39, 0.29) is 18.0 Å². The maximum atomic E-state index is 13.2. The molecule has 0 spiro atoms. The molecule has 31 heavy (non-hydrogen) atoms. The molecule has 2 heterocycles. The lowest BCUT2D eigenvalue weighted by molar-refractivity contribution is 0.0526. The number of fused-ring (bicyclic) bond motifs is 1. The summed E-state index contributed by atoms with van der Waals surface area (Å²) in [6.45, 7) is 2.00. The van der Waals surface area contributed by atoms with Crippen molar-refractivity contribution in [3.05, 3.63) is 94.4 Å². The van der Waals surface area contributed by atoms with E-state index in [4.69, 9.17) is 4.74 Å². The maximum absolute atomic E-state index is 13.2. The summed E-state index contributed by atoms with van der Waals surface area (Å²) >= 11 is 0. The average Bonchev–Trinajstić information content (AvgIpc) is 2.80. The zero-order chi connectivity index (χ0) is 21.8. The van der Waals surface area contributed by atoms with E-state index in [2.05, 4.69) is 9.98 Å². The Labute approximate surface area is 177 Å². The second-order valence-corrected chi connectivity index (χ2v) is 6.64. The topological polar surface area (TPSA) is 93.8 Å². The lowest BCUT2D eigenvalue weighted by Crippen LogP contribution is -2.20. The number of esters is 1. The van der Waals surface area contributed by atoms with Crippen LogP contribution in [0, 0.1) is 0 Å². The van der Waals surface area contributed by atoms with E-state index in [1.165, 1.54) is 10.8 Å². The second kappa shape index (κ2) is 8.62. The molecule has 7 heteroatoms. The Bertz CT molecular complexity index is 1330. The van der Waals surface area contributed by atoms with E-state index in [1.54, 1.807) is 73.8 Å². The molecule has 2 aromatic heterocycles. The highest BCUT2D eigenvalue weighted by molar-refractivity contribution is 6.02. The number of hydrogen-bond donors (Lipinski definition) is 1. The van der Waals surface area contributed by atoms with Crippen molar-refractivity contribution in [1.29, 1.82) is 0 Å². The summed E-state index contributed by atoms with van der Waals surface area (Å²) < 4.78 is 6.18. The third-order valence-corrected chi connectivity index (χ3v) is 4.72. The standard InChI is InChI=1S/C24H19N3O4/c1-2-31-24(30)16-10-12-17(13-11-16)27-22(28)19-8-4-3-7-18(19)20(23(27)29)15-26-21-9-5-6-14-25-21/h3-15,29H,2H2,1H3/b26-15+. The summed E-state index contributed by atoms with van der Waals surface area (Å²) in [6, 6.07) is 18.6. The van der Waals surface area contributed by atoms with Crippen LogP contribution in [-0.2, 0) is 4.74 Å². The van der Waals surface area contributed by atoms with Crippen LogP contribution in [0.25, 0.3) is 16.5 Å². The van der Waals surface area contributed by atoms with Gasteiger partial charge in [0.1, 0.15) is 0 Å². The predicted molar refractivity (Wildman–Crippen MR) is 119 cm³/mol. The van der Waals surface area contributed by atoms with Gasteiger partial charge in [0.25, 0.3) is 5.56 Å². The molecule has 4 rings (SSSR count). The van der Waals surface area contributed by atoms with Gasteiger partial charge in [-0.15, -0.1) is 0 Å². The molecular formula is C24H19N3O4. The summed E-state index contributed by atoms with van der Waals surface area (Å²) in [5, 5.41) is 12.0. The van der Waals surface area contributed by atoms with Gasteiger partial charge in [-0.3, -0.25) is 4.79 Å². The van der Waals surface area contributed by atoms with Crippen molar-refractivity contribution < 1.29 is 14.6 Å². The van der Waals surface area contributed by atoms with E-state index >= 15 is 0 Å². The van der Waals surface area contributed by atoms with Gasteiger partial charge in [0.15, 0.2) is 5.82 Å². The van der Waals surface area contributed by atoms with Crippen molar-refractivity contribution >= 4 is 28.8 Å². The van der Waals surface area contributed by atoms with Gasteiger partial charge in [-0.05, 0) is 49.4 Å². The van der Waals surface area contributed by atoms with Crippen molar-refractivity contribution in [3.63, 3.8) is 0 Å². The Morgan fingerprint density at radius 3 is 2.45 bits per heavy atom. The number of aliphatic imine (C=N–C) groups is 1. The van der Waals surface area contributed by atoms with Crippen molar-refractivity contribution in [3.8, 4) is 11.6 Å². The number of carbonyl (C=O) groups excluding carboxylic acids is 1. The number of benzene rings is 2. The van der Waals surface area contributed by atoms with Crippen molar-refractivity contribution in [2.24, 2.45) is 4.99 Å². The fraction of sp³-hybridized carbons (Fsp3) is 0.0833. The minimum Gasteiger partial charge on any atom is -0.494 e. The Kier molecular flexibility index (Phi) is 5.57. The third kappa shape index (κ3) is 3.93. The van der Waals surface area contributed by atoms with Gasteiger partial charge >= 0.3 is 5.97 Å². The zero-order valence-electron chi connectivity index (χ0n) is 16.7. The first kappa shape index (κ1) is 20.0. The number of aromatic hydroxyl groups is 1. The first-order chi connectivity index (χ1) is 15.1. The van der Waals surface area contributed by atoms with E-state index in [0.717, 1.165) is 0 Å². The van der Waals surface area contributed by atoms with Gasteiger partial charge in [0.2, 0.25) is 5.88 Å². The zero-order valence-corrected chi connectivity index (χ0v) is 16.7. The first-order valence-electron chi connectivity index (χ1n) is 9.69. The molecule has 4 aromatic rings. The van der Waals surface area contributed by atoms with Crippen LogP contribution in [0.1, 0.15) is 22.8 Å². The largest absolute Gasteiger partial charge is 0.494 e. The lowest BCUT2D eigenvalue weighted by atomic mass is 10.1. The van der Waals surface area contributed by atoms with Crippen LogP contribution in [0.2, 0.25) is 0 Å². The summed E-state index contributed by atoms with van der Waals surface area (Å²) in [7, 11) is 0. The summed E-state index contributed by atoms with van der Waals surface area (Å²) in [4.78, 5) is 33.6. The number of rotatable bonds is 5. The van der Waals surface area contributed by atoms with Crippen LogP contribution in [-0.4, -0.2) is 33.4 Å². The van der Waals surface area contributed by atoms with Crippen LogP contribution in [0.5, 0.6) is 5.88 Å². The van der Waals surface area contributed by atoms with Gasteiger partial charge in [0.05, 0.1) is 23.4 Å². The predicted octanol–water partition coefficient (Wildman–Crippen LogP) is 4.02. The number of nitrogens with zero attached hydrogens (tertiary/aromatic N) is 3. The van der Waals surface area contributed by atoms with Crippen LogP contribution in [0.3, 0.4) is 0 Å². The van der Waals surface area contributed by atoms with Gasteiger partial charge in [-0.1, -0.05) is 24.3 Å². The molecule has 154 valence electrons. The SMILES string of the molecule is CCOC(=O)c1ccc(-n2c(O)c(/C=N/c3ccccn3)c3ccccc3c2=O)cc1. The average molecular weight is 413 g/mol. The Balaban J connectivity index is 1.87. The Morgan fingerprint density at radius 1 is 1.06 bits per heavy atom. The molecule has 0 atom stereocenters. The Hall–Kier alpha value is -4.26. The molecule has 0 fully saturated rings. The third-order valence-electron chi connectivity index (χ3n) is 4.72. The fourth-order valence-corrected chi connectivity index (χ4v) is 3.25. The van der Waals surface area contributed by atoms with Crippen molar-refractivity contribution in [1.82, 2.24) is 9.55 Å². The van der Waals surface area contributed by atoms with Crippen LogP contribution in [0.15, 0.2) is 82.7 Å². The highest BCUT2D eigenvalue weighted by Crippen LogP contribution is 2.26. The molecule has 0 unspecified atom stereocenters. The highest BCUT2D eigenvalue weighted by Gasteiger charge is 2.17. The number of pyridine rings is 2. The molecule has 0 saturated heterocycles. The normalized spacial score (nSPS) is 11.1. The lowest BCUT2D eigenvalue weighted by Gasteiger charge is -2.14. The van der Waals surface area contributed by atoms with Crippen LogP contribution >= 0.6 is 0 Å². The molecular weight excluding hydrogens is 394 g/mol. The van der Waals surface area contributed by atoms with Crippen LogP contribution < -0.4 is 5.56 Å². The van der Waals surface area contributed by atoms with E-state index in [1.807, 2.05) is 6.07 Å². The molecule has 0 saturated carbocycles.